The second kappa shape index (κ2) is 10.5. The molecule has 0 spiro atoms. The van der Waals surface area contributed by atoms with Gasteiger partial charge in [-0.2, -0.15) is 5.10 Å². The van der Waals surface area contributed by atoms with Gasteiger partial charge < -0.3 is 14.6 Å². The van der Waals surface area contributed by atoms with Crippen molar-refractivity contribution in [1.29, 1.82) is 0 Å². The number of nitrogens with one attached hydrogen (secondary N) is 1. The minimum atomic E-state index is -0.276. The lowest BCUT2D eigenvalue weighted by atomic mass is 10.1. The molecular formula is C26H26N4O3. The van der Waals surface area contributed by atoms with Gasteiger partial charge in [-0.3, -0.25) is 9.59 Å². The summed E-state index contributed by atoms with van der Waals surface area (Å²) >= 11 is 0. The van der Waals surface area contributed by atoms with E-state index >= 15 is 0 Å². The van der Waals surface area contributed by atoms with E-state index in [2.05, 4.69) is 5.32 Å². The molecule has 0 saturated heterocycles. The first-order valence-electron chi connectivity index (χ1n) is 10.9. The second-order valence-corrected chi connectivity index (χ2v) is 7.74. The molecule has 7 heteroatoms. The van der Waals surface area contributed by atoms with Gasteiger partial charge in [0.05, 0.1) is 17.6 Å². The van der Waals surface area contributed by atoms with E-state index in [1.54, 1.807) is 24.1 Å². The topological polar surface area (TPSA) is 80.4 Å². The van der Waals surface area contributed by atoms with Gasteiger partial charge in [0.15, 0.2) is 5.76 Å². The average Bonchev–Trinajstić information content (AvgIpc) is 3.53. The van der Waals surface area contributed by atoms with Crippen LogP contribution in [0.3, 0.4) is 0 Å². The fourth-order valence-electron chi connectivity index (χ4n) is 3.55. The zero-order valence-electron chi connectivity index (χ0n) is 18.5. The van der Waals surface area contributed by atoms with Crippen LogP contribution in [0.15, 0.2) is 89.7 Å². The Balaban J connectivity index is 1.40. The maximum atomic E-state index is 12.7. The van der Waals surface area contributed by atoms with Crippen molar-refractivity contribution >= 4 is 11.8 Å². The highest BCUT2D eigenvalue weighted by molar-refractivity contribution is 5.91. The van der Waals surface area contributed by atoms with Crippen LogP contribution in [0.5, 0.6) is 0 Å². The number of amides is 2. The minimum absolute atomic E-state index is 0.00807. The van der Waals surface area contributed by atoms with E-state index in [-0.39, 0.29) is 17.6 Å². The lowest BCUT2D eigenvalue weighted by Gasteiger charge is -2.17. The first-order valence-corrected chi connectivity index (χ1v) is 10.9. The van der Waals surface area contributed by atoms with Crippen molar-refractivity contribution in [3.63, 3.8) is 0 Å². The highest BCUT2D eigenvalue weighted by Gasteiger charge is 2.17. The monoisotopic (exact) mass is 442 g/mol. The average molecular weight is 443 g/mol. The summed E-state index contributed by atoms with van der Waals surface area (Å²) in [6.07, 6.45) is 4.31. The quantitative estimate of drug-likeness (QED) is 0.392. The van der Waals surface area contributed by atoms with Crippen molar-refractivity contribution in [3.05, 3.63) is 96.6 Å². The van der Waals surface area contributed by atoms with Crippen molar-refractivity contribution in [3.8, 4) is 16.9 Å². The predicted molar refractivity (Wildman–Crippen MR) is 126 cm³/mol. The van der Waals surface area contributed by atoms with Crippen molar-refractivity contribution in [2.75, 3.05) is 13.6 Å². The molecule has 0 aliphatic carbocycles. The molecule has 0 radical (unpaired) electrons. The SMILES string of the molecule is CN(Cc1cn(-c2ccccc2)nc1-c1ccccc1)C(=O)CCCNC(=O)c1ccco1. The zero-order valence-corrected chi connectivity index (χ0v) is 18.5. The van der Waals surface area contributed by atoms with Gasteiger partial charge in [0, 0.05) is 43.9 Å². The number of aromatic nitrogens is 2. The van der Waals surface area contributed by atoms with Gasteiger partial charge in [-0.1, -0.05) is 48.5 Å². The van der Waals surface area contributed by atoms with Gasteiger partial charge >= 0.3 is 0 Å². The van der Waals surface area contributed by atoms with E-state index in [1.807, 2.05) is 71.5 Å². The van der Waals surface area contributed by atoms with Crippen LogP contribution in [0.25, 0.3) is 16.9 Å². The van der Waals surface area contributed by atoms with E-state index in [9.17, 15) is 9.59 Å². The Morgan fingerprint density at radius 2 is 1.73 bits per heavy atom. The van der Waals surface area contributed by atoms with Crippen LogP contribution in [-0.4, -0.2) is 40.1 Å². The number of hydrogen-bond acceptors (Lipinski definition) is 4. The van der Waals surface area contributed by atoms with Gasteiger partial charge in [-0.05, 0) is 30.7 Å². The Morgan fingerprint density at radius 1 is 1.00 bits per heavy atom. The molecule has 2 aromatic heterocycles. The number of rotatable bonds is 9. The summed E-state index contributed by atoms with van der Waals surface area (Å²) in [6.45, 7) is 0.842. The van der Waals surface area contributed by atoms with E-state index in [4.69, 9.17) is 9.52 Å². The largest absolute Gasteiger partial charge is 0.459 e. The number of furan rings is 1. The van der Waals surface area contributed by atoms with E-state index < -0.39 is 0 Å². The number of carbonyl (C=O) groups excluding carboxylic acids is 2. The van der Waals surface area contributed by atoms with Gasteiger partial charge in [0.2, 0.25) is 5.91 Å². The molecule has 0 unspecified atom stereocenters. The molecule has 2 aromatic carbocycles. The van der Waals surface area contributed by atoms with Crippen LogP contribution in [0.2, 0.25) is 0 Å². The molecule has 2 amide bonds. The minimum Gasteiger partial charge on any atom is -0.459 e. The molecule has 0 saturated carbocycles. The standard InChI is InChI=1S/C26H26N4O3/c1-29(24(31)15-8-16-27-26(32)23-14-9-17-33-23)18-21-19-30(22-12-6-3-7-13-22)28-25(21)20-10-4-2-5-11-20/h2-7,9-14,17,19H,8,15-16,18H2,1H3,(H,27,32). The molecule has 0 aliphatic heterocycles. The van der Waals surface area contributed by atoms with E-state index in [0.29, 0.717) is 25.9 Å². The van der Waals surface area contributed by atoms with Gasteiger partial charge in [0.1, 0.15) is 0 Å². The van der Waals surface area contributed by atoms with Crippen LogP contribution in [0, 0.1) is 0 Å². The molecule has 1 N–H and O–H groups in total. The van der Waals surface area contributed by atoms with Crippen LogP contribution in [0.1, 0.15) is 29.0 Å². The third kappa shape index (κ3) is 5.57. The number of nitrogens with zero attached hydrogens (tertiary/aromatic N) is 3. The Morgan fingerprint density at radius 3 is 2.42 bits per heavy atom. The molecular weight excluding hydrogens is 416 g/mol. The van der Waals surface area contributed by atoms with Crippen molar-refractivity contribution in [2.24, 2.45) is 0 Å². The molecule has 0 bridgehead atoms. The van der Waals surface area contributed by atoms with Crippen LogP contribution < -0.4 is 5.32 Å². The fraction of sp³-hybridized carbons (Fsp3) is 0.192. The highest BCUT2D eigenvalue weighted by Crippen LogP contribution is 2.24. The molecule has 168 valence electrons. The molecule has 0 aliphatic rings. The van der Waals surface area contributed by atoms with Crippen LogP contribution in [0.4, 0.5) is 0 Å². The molecule has 2 heterocycles. The maximum Gasteiger partial charge on any atom is 0.286 e. The summed E-state index contributed by atoms with van der Waals surface area (Å²) in [5, 5.41) is 7.57. The Kier molecular flexibility index (Phi) is 6.99. The number of benzene rings is 2. The third-order valence-electron chi connectivity index (χ3n) is 5.29. The van der Waals surface area contributed by atoms with Crippen molar-refractivity contribution in [2.45, 2.75) is 19.4 Å². The van der Waals surface area contributed by atoms with Crippen LogP contribution >= 0.6 is 0 Å². The molecule has 4 rings (SSSR count). The summed E-state index contributed by atoms with van der Waals surface area (Å²) in [7, 11) is 1.79. The first kappa shape index (κ1) is 22.1. The summed E-state index contributed by atoms with van der Waals surface area (Å²) in [6, 6.07) is 23.1. The lowest BCUT2D eigenvalue weighted by Crippen LogP contribution is -2.28. The smallest absolute Gasteiger partial charge is 0.286 e. The normalized spacial score (nSPS) is 10.7. The van der Waals surface area contributed by atoms with Gasteiger partial charge in [0.25, 0.3) is 5.91 Å². The van der Waals surface area contributed by atoms with E-state index in [1.165, 1.54) is 6.26 Å². The fourth-order valence-corrected chi connectivity index (χ4v) is 3.55. The third-order valence-corrected chi connectivity index (χ3v) is 5.29. The summed E-state index contributed by atoms with van der Waals surface area (Å²) in [4.78, 5) is 26.3. The molecule has 0 atom stereocenters. The van der Waals surface area contributed by atoms with Gasteiger partial charge in [-0.15, -0.1) is 0 Å². The van der Waals surface area contributed by atoms with Crippen molar-refractivity contribution < 1.29 is 14.0 Å². The second-order valence-electron chi connectivity index (χ2n) is 7.74. The van der Waals surface area contributed by atoms with Crippen LogP contribution in [-0.2, 0) is 11.3 Å². The van der Waals surface area contributed by atoms with Crippen molar-refractivity contribution in [1.82, 2.24) is 20.0 Å². The summed E-state index contributed by atoms with van der Waals surface area (Å²) < 4.78 is 6.91. The number of hydrogen-bond donors (Lipinski definition) is 1. The number of para-hydroxylation sites is 1. The predicted octanol–water partition coefficient (Wildman–Crippen LogP) is 4.30. The first-order chi connectivity index (χ1) is 16.1. The summed E-state index contributed by atoms with van der Waals surface area (Å²) in [5.74, 6) is -0.00216. The Bertz CT molecular complexity index is 1190. The highest BCUT2D eigenvalue weighted by atomic mass is 16.3. The maximum absolute atomic E-state index is 12.7. The molecule has 33 heavy (non-hydrogen) atoms. The molecule has 4 aromatic rings. The zero-order chi connectivity index (χ0) is 23.0. The lowest BCUT2D eigenvalue weighted by molar-refractivity contribution is -0.130. The molecule has 7 nitrogen and oxygen atoms in total. The van der Waals surface area contributed by atoms with E-state index in [0.717, 1.165) is 22.5 Å². The summed E-state index contributed by atoms with van der Waals surface area (Å²) in [5.41, 5.74) is 3.78. The number of carbonyl (C=O) groups is 2. The Hall–Kier alpha value is -4.13. The molecule has 0 fully saturated rings. The van der Waals surface area contributed by atoms with Gasteiger partial charge in [-0.25, -0.2) is 4.68 Å². The Labute approximate surface area is 192 Å².